The van der Waals surface area contributed by atoms with Crippen LogP contribution in [0.4, 0.5) is 0 Å². The van der Waals surface area contributed by atoms with Crippen molar-refractivity contribution in [2.75, 3.05) is 32.8 Å². The van der Waals surface area contributed by atoms with E-state index in [4.69, 9.17) is 23.7 Å². The van der Waals surface area contributed by atoms with E-state index in [0.29, 0.717) is 52.7 Å². The van der Waals surface area contributed by atoms with Gasteiger partial charge in [-0.2, -0.15) is 0 Å². The fourth-order valence-electron chi connectivity index (χ4n) is 10.2. The Hall–Kier alpha value is -4.47. The zero-order chi connectivity index (χ0) is 37.4. The predicted molar refractivity (Wildman–Crippen MR) is 198 cm³/mol. The maximum absolute atomic E-state index is 14.8. The van der Waals surface area contributed by atoms with Crippen molar-refractivity contribution in [1.82, 2.24) is 20.5 Å². The molecule has 7 aliphatic heterocycles. The van der Waals surface area contributed by atoms with Gasteiger partial charge in [-0.1, -0.05) is 17.7 Å². The van der Waals surface area contributed by atoms with Gasteiger partial charge in [-0.25, -0.2) is 4.79 Å². The van der Waals surface area contributed by atoms with Crippen LogP contribution in [0.2, 0.25) is 0 Å². The zero-order valence-corrected chi connectivity index (χ0v) is 31.4. The van der Waals surface area contributed by atoms with Gasteiger partial charge in [-0.3, -0.25) is 15.0 Å². The highest BCUT2D eigenvalue weighted by Crippen LogP contribution is 2.63. The number of carbonyl (C=O) groups is 2. The molecule has 0 amide bonds. The van der Waals surface area contributed by atoms with E-state index in [2.05, 4.69) is 40.7 Å². The summed E-state index contributed by atoms with van der Waals surface area (Å²) in [6.45, 7) is 7.57. The molecule has 11 rings (SSSR count). The summed E-state index contributed by atoms with van der Waals surface area (Å²) in [4.78, 5) is 33.3. The molecule has 7 atom stereocenters. The number of hydrogen-bond acceptors (Lipinski definition) is 13. The second-order valence-electron chi connectivity index (χ2n) is 15.3. The van der Waals surface area contributed by atoms with Crippen molar-refractivity contribution in [3.8, 4) is 28.7 Å². The number of phenolic OH excluding ortho intramolecular Hbond substituents is 1. The van der Waals surface area contributed by atoms with E-state index in [-0.39, 0.29) is 24.9 Å². The van der Waals surface area contributed by atoms with E-state index in [0.717, 1.165) is 50.8 Å². The Kier molecular flexibility index (Phi) is 7.58. The van der Waals surface area contributed by atoms with Crippen LogP contribution in [0.25, 0.3) is 10.9 Å². The molecule has 2 saturated heterocycles. The summed E-state index contributed by atoms with van der Waals surface area (Å²) in [7, 11) is 1.54. The zero-order valence-electron chi connectivity index (χ0n) is 30.6. The monoisotopic (exact) mass is 754 g/mol. The van der Waals surface area contributed by atoms with E-state index in [1.165, 1.54) is 18.7 Å². The van der Waals surface area contributed by atoms with E-state index >= 15 is 0 Å². The number of aliphatic hydroxyl groups excluding tert-OH is 1. The van der Waals surface area contributed by atoms with Crippen molar-refractivity contribution < 1.29 is 43.5 Å². The van der Waals surface area contributed by atoms with E-state index in [9.17, 15) is 19.8 Å². The number of aromatic hydroxyl groups is 1. The smallest absolute Gasteiger partial charge is 0.333 e. The highest BCUT2D eigenvalue weighted by atomic mass is 32.2. The minimum Gasteiger partial charge on any atom is -0.504 e. The van der Waals surface area contributed by atoms with Crippen LogP contribution < -0.4 is 29.6 Å². The SMILES string of the molecule is COc1c(C)cc2c(c1O)[C@H]1N[C@@H](C2)[C@H](O)N2C1[C@@H]1SC[C@]3(NCCc4c3[nH]c3ccc(C)cc43)C(=O)OC[C@@H]2c2c3c(c(C)c(OC(C)=O)c21)OCO3. The number of rotatable bonds is 2. The van der Waals surface area contributed by atoms with Crippen LogP contribution in [-0.2, 0) is 32.7 Å². The lowest BCUT2D eigenvalue weighted by Gasteiger charge is -2.59. The molecule has 4 aromatic rings. The molecular weight excluding hydrogens is 713 g/mol. The van der Waals surface area contributed by atoms with Gasteiger partial charge < -0.3 is 44.2 Å². The molecule has 0 saturated carbocycles. The summed E-state index contributed by atoms with van der Waals surface area (Å²) >= 11 is 1.53. The predicted octanol–water partition coefficient (Wildman–Crippen LogP) is 4.15. The fourth-order valence-corrected chi connectivity index (χ4v) is 11.9. The number of aromatic nitrogens is 1. The molecular formula is C40H42N4O9S. The molecule has 3 aromatic carbocycles. The lowest BCUT2D eigenvalue weighted by molar-refractivity contribution is -0.164. The number of aromatic amines is 1. The van der Waals surface area contributed by atoms with Crippen molar-refractivity contribution >= 4 is 34.6 Å². The molecule has 13 nitrogen and oxygen atoms in total. The number of piperazine rings is 1. The first-order valence-electron chi connectivity index (χ1n) is 18.4. The van der Waals surface area contributed by atoms with Crippen LogP contribution in [-0.4, -0.2) is 83.2 Å². The van der Waals surface area contributed by atoms with Gasteiger partial charge in [0, 0.05) is 58.4 Å². The number of aryl methyl sites for hydroxylation is 2. The summed E-state index contributed by atoms with van der Waals surface area (Å²) in [6.07, 6.45) is 0.163. The summed E-state index contributed by atoms with van der Waals surface area (Å²) in [5.74, 6) is 1.07. The molecule has 0 aliphatic carbocycles. The average Bonchev–Trinajstić information content (AvgIpc) is 3.79. The molecule has 1 unspecified atom stereocenters. The molecule has 14 heteroatoms. The number of ether oxygens (including phenoxy) is 5. The first-order valence-corrected chi connectivity index (χ1v) is 19.5. The average molecular weight is 755 g/mol. The van der Waals surface area contributed by atoms with Crippen LogP contribution in [0, 0.1) is 20.8 Å². The van der Waals surface area contributed by atoms with Gasteiger partial charge in [0.25, 0.3) is 0 Å². The molecule has 5 N–H and O–H groups in total. The Morgan fingerprint density at radius 3 is 2.69 bits per heavy atom. The summed E-state index contributed by atoms with van der Waals surface area (Å²) in [5.41, 5.74) is 7.13. The first kappa shape index (κ1) is 34.1. The van der Waals surface area contributed by atoms with Crippen LogP contribution in [0.1, 0.15) is 74.5 Å². The second-order valence-corrected chi connectivity index (χ2v) is 16.5. The van der Waals surface area contributed by atoms with Crippen LogP contribution in [0.15, 0.2) is 24.3 Å². The maximum Gasteiger partial charge on any atom is 0.333 e. The highest BCUT2D eigenvalue weighted by Gasteiger charge is 2.60. The molecule has 8 heterocycles. The van der Waals surface area contributed by atoms with Crippen LogP contribution >= 0.6 is 11.8 Å². The molecule has 7 aliphatic rings. The van der Waals surface area contributed by atoms with Crippen molar-refractivity contribution in [3.05, 3.63) is 74.5 Å². The Labute approximate surface area is 315 Å². The first-order chi connectivity index (χ1) is 26.0. The van der Waals surface area contributed by atoms with Crippen LogP contribution in [0.5, 0.6) is 28.7 Å². The number of phenols is 1. The summed E-state index contributed by atoms with van der Waals surface area (Å²) < 4.78 is 30.5. The van der Waals surface area contributed by atoms with Gasteiger partial charge in [-0.05, 0) is 62.4 Å². The summed E-state index contributed by atoms with van der Waals surface area (Å²) in [5, 5.41) is 32.2. The fraction of sp³-hybridized carbons (Fsp3) is 0.450. The van der Waals surface area contributed by atoms with Crippen molar-refractivity contribution in [2.45, 2.75) is 81.7 Å². The Bertz CT molecular complexity index is 2310. The molecule has 0 radical (unpaired) electrons. The number of aliphatic hydroxyl groups is 1. The van der Waals surface area contributed by atoms with Crippen molar-refractivity contribution in [3.63, 3.8) is 0 Å². The Morgan fingerprint density at radius 2 is 1.89 bits per heavy atom. The van der Waals surface area contributed by atoms with Gasteiger partial charge in [0.15, 0.2) is 28.5 Å². The number of H-pyrrole nitrogens is 1. The number of hydrogen-bond donors (Lipinski definition) is 5. The Morgan fingerprint density at radius 1 is 1.07 bits per heavy atom. The number of nitrogens with zero attached hydrogens (tertiary/aromatic N) is 1. The molecule has 54 heavy (non-hydrogen) atoms. The minimum absolute atomic E-state index is 0.0364. The molecule has 282 valence electrons. The van der Waals surface area contributed by atoms with E-state index in [1.807, 2.05) is 24.8 Å². The molecule has 2 fully saturated rings. The second kappa shape index (κ2) is 12.0. The number of methoxy groups -OCH3 is 1. The maximum atomic E-state index is 14.8. The number of thioether (sulfide) groups is 1. The van der Waals surface area contributed by atoms with Gasteiger partial charge >= 0.3 is 11.9 Å². The van der Waals surface area contributed by atoms with Gasteiger partial charge in [0.2, 0.25) is 6.79 Å². The Balaban J connectivity index is 1.23. The standard InChI is InChI=1S/C40H42N4O9S/c1-16-6-7-23-22(10-16)21-8-9-41-40(37(21)43-23)14-54-36-28-27(35-34(51-15-52-35)18(3)33(28)53-19(4)45)25(13-50-39(40)48)44-30(36)29-26-20(12-24(42-29)38(44)47)11-17(2)32(49-5)31(26)46/h6-7,10-11,24-25,29-30,36,38,41-43,46-47H,8-9,12-15H2,1-5H3/t24-,25+,29+,30?,36+,38-,40+/m0/s1. The number of esters is 2. The largest absolute Gasteiger partial charge is 0.504 e. The summed E-state index contributed by atoms with van der Waals surface area (Å²) in [6, 6.07) is 6.11. The molecule has 1 aromatic heterocycles. The van der Waals surface area contributed by atoms with Gasteiger partial charge in [0.05, 0.1) is 36.2 Å². The third-order valence-electron chi connectivity index (χ3n) is 12.4. The third-order valence-corrected chi connectivity index (χ3v) is 13.8. The third kappa shape index (κ3) is 4.54. The van der Waals surface area contributed by atoms with Crippen LogP contribution in [0.3, 0.4) is 0 Å². The normalized spacial score (nSPS) is 29.3. The van der Waals surface area contributed by atoms with Gasteiger partial charge in [0.1, 0.15) is 18.6 Å². The number of carbonyl (C=O) groups excluding carboxylic acids is 2. The number of benzene rings is 3. The number of fused-ring (bicyclic) bond motifs is 11. The number of nitrogens with one attached hydrogen (secondary N) is 3. The van der Waals surface area contributed by atoms with E-state index < -0.39 is 53.1 Å². The van der Waals surface area contributed by atoms with Crippen molar-refractivity contribution in [2.24, 2.45) is 0 Å². The van der Waals surface area contributed by atoms with E-state index in [1.54, 1.807) is 7.11 Å². The van der Waals surface area contributed by atoms with Crippen molar-refractivity contribution in [1.29, 1.82) is 0 Å². The minimum atomic E-state index is -1.24. The van der Waals surface area contributed by atoms with Gasteiger partial charge in [-0.15, -0.1) is 11.8 Å². The lowest BCUT2D eigenvalue weighted by Crippen LogP contribution is -2.69. The molecule has 4 bridgehead atoms. The quantitative estimate of drug-likeness (QED) is 0.147. The molecule has 1 spiro atoms. The topological polar surface area (TPSA) is 164 Å². The lowest BCUT2D eigenvalue weighted by atomic mass is 9.74. The highest BCUT2D eigenvalue weighted by molar-refractivity contribution is 7.99.